The zero-order valence-corrected chi connectivity index (χ0v) is 30.4. The van der Waals surface area contributed by atoms with Crippen LogP contribution in [0.2, 0.25) is 0 Å². The van der Waals surface area contributed by atoms with Crippen molar-refractivity contribution in [3.05, 3.63) is 188 Å². The molecule has 11 rings (SSSR count). The number of allylic oxidation sites excluding steroid dienone is 4. The average Bonchev–Trinajstić information content (AvgIpc) is 3.82. The van der Waals surface area contributed by atoms with Crippen molar-refractivity contribution in [3.63, 3.8) is 0 Å². The second-order valence-corrected chi connectivity index (χ2v) is 14.3. The van der Waals surface area contributed by atoms with Crippen molar-refractivity contribution < 1.29 is 4.42 Å². The van der Waals surface area contributed by atoms with Crippen LogP contribution < -0.4 is 0 Å². The van der Waals surface area contributed by atoms with Gasteiger partial charge in [-0.1, -0.05) is 133 Å². The number of rotatable bonds is 6. The smallest absolute Gasteiger partial charge is 0.164 e. The van der Waals surface area contributed by atoms with Gasteiger partial charge >= 0.3 is 0 Å². The van der Waals surface area contributed by atoms with E-state index in [9.17, 15) is 0 Å². The number of fused-ring (bicyclic) bond motifs is 6. The van der Waals surface area contributed by atoms with Gasteiger partial charge in [0.2, 0.25) is 0 Å². The molecule has 1 aliphatic rings. The number of benzene rings is 7. The highest BCUT2D eigenvalue weighted by Crippen LogP contribution is 2.40. The van der Waals surface area contributed by atoms with E-state index in [1.54, 1.807) is 0 Å². The molecule has 0 unspecified atom stereocenters. The lowest BCUT2D eigenvalue weighted by atomic mass is 9.99. The average molecular weight is 719 g/mol. The summed E-state index contributed by atoms with van der Waals surface area (Å²) in [6.07, 6.45) is 8.50. The summed E-state index contributed by atoms with van der Waals surface area (Å²) in [7, 11) is 0. The van der Waals surface area contributed by atoms with E-state index in [1.807, 2.05) is 42.5 Å². The Morgan fingerprint density at radius 2 is 1.12 bits per heavy atom. The predicted molar refractivity (Wildman–Crippen MR) is 230 cm³/mol. The maximum absolute atomic E-state index is 6.49. The molecule has 1 aliphatic carbocycles. The molecule has 7 aromatic carbocycles. The zero-order chi connectivity index (χ0) is 37.0. The first kappa shape index (κ1) is 32.1. The largest absolute Gasteiger partial charge is 0.456 e. The minimum absolute atomic E-state index is 0.623. The molecular weight excluding hydrogens is 685 g/mol. The van der Waals surface area contributed by atoms with Crippen LogP contribution in [0.5, 0.6) is 0 Å². The van der Waals surface area contributed by atoms with Crippen LogP contribution in [0, 0.1) is 0 Å². The molecule has 0 N–H and O–H groups in total. The highest BCUT2D eigenvalue weighted by atomic mass is 16.3. The fourth-order valence-electron chi connectivity index (χ4n) is 8.20. The van der Waals surface area contributed by atoms with Gasteiger partial charge in [0.15, 0.2) is 17.5 Å². The molecule has 0 saturated carbocycles. The molecular formula is C51H34N4O. The van der Waals surface area contributed by atoms with E-state index in [2.05, 4.69) is 144 Å². The van der Waals surface area contributed by atoms with Gasteiger partial charge in [0.1, 0.15) is 11.2 Å². The highest BCUT2D eigenvalue weighted by Gasteiger charge is 2.20. The molecule has 0 amide bonds. The lowest BCUT2D eigenvalue weighted by Crippen LogP contribution is -2.03. The third kappa shape index (κ3) is 5.44. The fourth-order valence-corrected chi connectivity index (χ4v) is 8.20. The third-order valence-electron chi connectivity index (χ3n) is 10.9. The number of hydrogen-bond donors (Lipinski definition) is 0. The monoisotopic (exact) mass is 718 g/mol. The van der Waals surface area contributed by atoms with Gasteiger partial charge in [-0.15, -0.1) is 0 Å². The molecule has 5 nitrogen and oxygen atoms in total. The zero-order valence-electron chi connectivity index (χ0n) is 30.4. The summed E-state index contributed by atoms with van der Waals surface area (Å²) in [4.78, 5) is 15.1. The number of aromatic nitrogens is 4. The van der Waals surface area contributed by atoms with Crippen molar-refractivity contribution >= 4 is 49.3 Å². The minimum atomic E-state index is 0.623. The first-order valence-electron chi connectivity index (χ1n) is 19.1. The molecule has 0 bridgehead atoms. The second-order valence-electron chi connectivity index (χ2n) is 14.3. The van der Waals surface area contributed by atoms with Gasteiger partial charge in [-0.2, -0.15) is 0 Å². The molecule has 10 aromatic rings. The van der Waals surface area contributed by atoms with E-state index in [0.29, 0.717) is 17.5 Å². The molecule has 0 fully saturated rings. The standard InChI is InChI=1S/C51H34N4O/c1-4-14-33(15-5-1)36-20-12-21-39(30-36)55-44-24-11-10-22-40(44)42-31-37(26-28-45(42)55)38-27-29-46-43(32-38)48-41(23-13-25-47(48)56-46)51-53-49(34-16-6-2-7-17-34)52-50(54-51)35-18-8-3-9-19-35/h1-2,4-8,10-32H,3,9H2. The van der Waals surface area contributed by atoms with Crippen LogP contribution in [0.25, 0.3) is 100 Å². The number of hydrogen-bond acceptors (Lipinski definition) is 4. The summed E-state index contributed by atoms with van der Waals surface area (Å²) >= 11 is 0. The van der Waals surface area contributed by atoms with Gasteiger partial charge in [0, 0.05) is 43.9 Å². The van der Waals surface area contributed by atoms with Crippen molar-refractivity contribution in [3.8, 4) is 50.7 Å². The highest BCUT2D eigenvalue weighted by molar-refractivity contribution is 6.14. The van der Waals surface area contributed by atoms with E-state index >= 15 is 0 Å². The Hall–Kier alpha value is -7.37. The molecule has 0 aliphatic heterocycles. The molecule has 3 heterocycles. The van der Waals surface area contributed by atoms with E-state index < -0.39 is 0 Å². The number of nitrogens with zero attached hydrogens (tertiary/aromatic N) is 4. The Balaban J connectivity index is 1.06. The molecule has 0 atom stereocenters. The van der Waals surface area contributed by atoms with Gasteiger partial charge in [-0.05, 0) is 83.6 Å². The van der Waals surface area contributed by atoms with Crippen molar-refractivity contribution in [1.29, 1.82) is 0 Å². The van der Waals surface area contributed by atoms with Crippen LogP contribution >= 0.6 is 0 Å². The van der Waals surface area contributed by atoms with Crippen molar-refractivity contribution in [2.45, 2.75) is 12.8 Å². The summed E-state index contributed by atoms with van der Waals surface area (Å²) in [6.45, 7) is 0. The van der Waals surface area contributed by atoms with E-state index in [1.165, 1.54) is 32.9 Å². The van der Waals surface area contributed by atoms with Gasteiger partial charge in [-0.25, -0.2) is 15.0 Å². The van der Waals surface area contributed by atoms with Crippen LogP contribution in [0.1, 0.15) is 18.7 Å². The molecule has 0 saturated heterocycles. The van der Waals surface area contributed by atoms with Gasteiger partial charge in [-0.3, -0.25) is 0 Å². The summed E-state index contributed by atoms with van der Waals surface area (Å²) in [5, 5.41) is 4.44. The molecule has 56 heavy (non-hydrogen) atoms. The van der Waals surface area contributed by atoms with Gasteiger partial charge < -0.3 is 8.98 Å². The van der Waals surface area contributed by atoms with Crippen LogP contribution in [0.3, 0.4) is 0 Å². The number of para-hydroxylation sites is 1. The molecule has 5 heteroatoms. The SMILES string of the molecule is C1=CC(c2nc(-c3ccccc3)nc(-c3cccc4oc5ccc(-c6ccc7c(c6)c6ccccc6n7-c6cccc(-c7ccccc7)c6)cc5c34)n2)=CCC1. The summed E-state index contributed by atoms with van der Waals surface area (Å²) < 4.78 is 8.87. The van der Waals surface area contributed by atoms with Gasteiger partial charge in [0.05, 0.1) is 11.0 Å². The lowest BCUT2D eigenvalue weighted by Gasteiger charge is -2.11. The molecule has 0 radical (unpaired) electrons. The first-order valence-corrected chi connectivity index (χ1v) is 19.1. The normalized spacial score (nSPS) is 12.9. The van der Waals surface area contributed by atoms with Crippen molar-refractivity contribution in [2.24, 2.45) is 0 Å². The molecule has 3 aromatic heterocycles. The van der Waals surface area contributed by atoms with Gasteiger partial charge in [0.25, 0.3) is 0 Å². The van der Waals surface area contributed by atoms with Crippen molar-refractivity contribution in [1.82, 2.24) is 19.5 Å². The van der Waals surface area contributed by atoms with Crippen LogP contribution in [-0.4, -0.2) is 19.5 Å². The second kappa shape index (κ2) is 13.2. The minimum Gasteiger partial charge on any atom is -0.456 e. The van der Waals surface area contributed by atoms with Crippen LogP contribution in [0.4, 0.5) is 0 Å². The molecule has 0 spiro atoms. The predicted octanol–water partition coefficient (Wildman–Crippen LogP) is 13.3. The Morgan fingerprint density at radius 1 is 0.446 bits per heavy atom. The topological polar surface area (TPSA) is 56.7 Å². The summed E-state index contributed by atoms with van der Waals surface area (Å²) in [6, 6.07) is 57.7. The first-order chi connectivity index (χ1) is 27.7. The maximum Gasteiger partial charge on any atom is 0.164 e. The molecule has 264 valence electrons. The summed E-state index contributed by atoms with van der Waals surface area (Å²) in [5.41, 5.74) is 12.6. The Labute approximate surface area is 323 Å². The van der Waals surface area contributed by atoms with E-state index in [4.69, 9.17) is 19.4 Å². The third-order valence-corrected chi connectivity index (χ3v) is 10.9. The lowest BCUT2D eigenvalue weighted by molar-refractivity contribution is 0.669. The Bertz CT molecular complexity index is 3190. The maximum atomic E-state index is 6.49. The quantitative estimate of drug-likeness (QED) is 0.172. The van der Waals surface area contributed by atoms with E-state index in [0.717, 1.165) is 68.3 Å². The van der Waals surface area contributed by atoms with E-state index in [-0.39, 0.29) is 0 Å². The number of furan rings is 1. The summed E-state index contributed by atoms with van der Waals surface area (Å²) in [5.74, 6) is 1.95. The Morgan fingerprint density at radius 3 is 1.96 bits per heavy atom. The Kier molecular flexibility index (Phi) is 7.56. The fraction of sp³-hybridized carbons (Fsp3) is 0.0392. The van der Waals surface area contributed by atoms with Crippen LogP contribution in [-0.2, 0) is 0 Å². The van der Waals surface area contributed by atoms with Crippen molar-refractivity contribution in [2.75, 3.05) is 0 Å². The van der Waals surface area contributed by atoms with Crippen LogP contribution in [0.15, 0.2) is 186 Å².